The van der Waals surface area contributed by atoms with Gasteiger partial charge >= 0.3 is 18.1 Å². The van der Waals surface area contributed by atoms with Crippen molar-refractivity contribution in [1.82, 2.24) is 9.97 Å². The number of aromatic amines is 1. The van der Waals surface area contributed by atoms with Crippen molar-refractivity contribution in [1.29, 1.82) is 0 Å². The Morgan fingerprint density at radius 1 is 1.13 bits per heavy atom. The molecule has 1 aromatic carbocycles. The van der Waals surface area contributed by atoms with Gasteiger partial charge in [-0.15, -0.1) is 0 Å². The highest BCUT2D eigenvalue weighted by Crippen LogP contribution is 2.34. The highest BCUT2D eigenvalue weighted by molar-refractivity contribution is 5.75. The van der Waals surface area contributed by atoms with Crippen LogP contribution in [0, 0.1) is 0 Å². The van der Waals surface area contributed by atoms with Crippen LogP contribution in [0.15, 0.2) is 24.3 Å². The average molecular weight is 336 g/mol. The number of rotatable bonds is 4. The molecule has 2 rings (SSSR count). The lowest BCUT2D eigenvalue weighted by molar-refractivity contribution is -0.184. The topological polar surface area (TPSA) is 103 Å². The molecule has 10 heteroatoms. The third-order valence-electron chi connectivity index (χ3n) is 2.49. The lowest BCUT2D eigenvalue weighted by Crippen LogP contribution is -2.17. The standard InChI is InChI=1S/C9H6F4N2.C4H6O4/c10-7(9(11,12)13)8-14-5-3-1-2-4-6(5)15-8;5-3(6)1-2-4(7)8/h1-4,7H,(H,14,15);1-2H2,(H,5,6)(H,7,8). The third kappa shape index (κ3) is 5.93. The van der Waals surface area contributed by atoms with Gasteiger partial charge in [0.25, 0.3) is 6.17 Å². The minimum Gasteiger partial charge on any atom is -0.481 e. The summed E-state index contributed by atoms with van der Waals surface area (Å²) in [4.78, 5) is 25.1. The van der Waals surface area contributed by atoms with Gasteiger partial charge in [0.2, 0.25) is 0 Å². The van der Waals surface area contributed by atoms with Crippen LogP contribution in [0.2, 0.25) is 0 Å². The predicted molar refractivity (Wildman–Crippen MR) is 70.5 cm³/mol. The first-order valence-corrected chi connectivity index (χ1v) is 6.20. The summed E-state index contributed by atoms with van der Waals surface area (Å²) in [6, 6.07) is 6.30. The molecule has 0 radical (unpaired) electrons. The molecule has 0 saturated carbocycles. The van der Waals surface area contributed by atoms with E-state index in [0.717, 1.165) is 0 Å². The molecule has 1 atom stereocenters. The van der Waals surface area contributed by atoms with E-state index in [2.05, 4.69) is 9.97 Å². The zero-order valence-corrected chi connectivity index (χ0v) is 11.5. The molecule has 6 nitrogen and oxygen atoms in total. The first-order valence-electron chi connectivity index (χ1n) is 6.20. The number of para-hydroxylation sites is 2. The highest BCUT2D eigenvalue weighted by atomic mass is 19.4. The molecule has 0 amide bonds. The average Bonchev–Trinajstić information content (AvgIpc) is 2.87. The lowest BCUT2D eigenvalue weighted by Gasteiger charge is -2.08. The molecule has 1 aromatic heterocycles. The van der Waals surface area contributed by atoms with Crippen molar-refractivity contribution in [3.63, 3.8) is 0 Å². The molecule has 0 fully saturated rings. The summed E-state index contributed by atoms with van der Waals surface area (Å²) in [5.41, 5.74) is 0.707. The summed E-state index contributed by atoms with van der Waals surface area (Å²) in [6.07, 6.45) is -8.58. The van der Waals surface area contributed by atoms with Gasteiger partial charge in [0.15, 0.2) is 5.82 Å². The van der Waals surface area contributed by atoms with Crippen molar-refractivity contribution in [2.45, 2.75) is 25.2 Å². The van der Waals surface area contributed by atoms with Gasteiger partial charge in [-0.05, 0) is 12.1 Å². The molecule has 3 N–H and O–H groups in total. The molecule has 0 aliphatic rings. The Hall–Kier alpha value is -2.65. The normalized spacial score (nSPS) is 12.3. The molecule has 0 saturated heterocycles. The van der Waals surface area contributed by atoms with Crippen LogP contribution < -0.4 is 0 Å². The molecule has 1 unspecified atom stereocenters. The monoisotopic (exact) mass is 336 g/mol. The van der Waals surface area contributed by atoms with Gasteiger partial charge in [0.05, 0.1) is 23.9 Å². The maximum Gasteiger partial charge on any atom is 0.427 e. The van der Waals surface area contributed by atoms with E-state index in [1.54, 1.807) is 12.1 Å². The van der Waals surface area contributed by atoms with Gasteiger partial charge in [-0.1, -0.05) is 12.1 Å². The molecule has 126 valence electrons. The Kier molecular flexibility index (Phi) is 6.05. The number of alkyl halides is 4. The van der Waals surface area contributed by atoms with Crippen molar-refractivity contribution < 1.29 is 37.4 Å². The molecular weight excluding hydrogens is 324 g/mol. The Balaban J connectivity index is 0.000000284. The summed E-state index contributed by atoms with van der Waals surface area (Å²) in [5, 5.41) is 15.8. The van der Waals surface area contributed by atoms with Crippen LogP contribution in [0.4, 0.5) is 17.6 Å². The number of nitrogens with one attached hydrogen (secondary N) is 1. The van der Waals surface area contributed by atoms with Gasteiger partial charge < -0.3 is 15.2 Å². The molecule has 0 aliphatic heterocycles. The van der Waals surface area contributed by atoms with Gasteiger partial charge in [0.1, 0.15) is 0 Å². The molecule has 0 spiro atoms. The summed E-state index contributed by atoms with van der Waals surface area (Å²) < 4.78 is 48.9. The Morgan fingerprint density at radius 2 is 1.65 bits per heavy atom. The van der Waals surface area contributed by atoms with E-state index in [9.17, 15) is 27.2 Å². The number of nitrogens with zero attached hydrogens (tertiary/aromatic N) is 1. The number of carboxylic acids is 2. The fourth-order valence-electron chi connectivity index (χ4n) is 1.46. The maximum atomic E-state index is 12.9. The lowest BCUT2D eigenvalue weighted by atomic mass is 10.3. The van der Waals surface area contributed by atoms with E-state index in [1.165, 1.54) is 12.1 Å². The van der Waals surface area contributed by atoms with Crippen LogP contribution in [0.3, 0.4) is 0 Å². The number of aromatic nitrogens is 2. The number of imidazole rings is 1. The first kappa shape index (κ1) is 18.4. The number of aliphatic carboxylic acids is 2. The molecule has 0 bridgehead atoms. The van der Waals surface area contributed by atoms with E-state index in [4.69, 9.17) is 10.2 Å². The zero-order chi connectivity index (χ0) is 17.6. The van der Waals surface area contributed by atoms with Crippen LogP contribution in [0.5, 0.6) is 0 Å². The van der Waals surface area contributed by atoms with E-state index in [0.29, 0.717) is 11.0 Å². The number of carbonyl (C=O) groups is 2. The van der Waals surface area contributed by atoms with Crippen molar-refractivity contribution in [3.05, 3.63) is 30.1 Å². The van der Waals surface area contributed by atoms with Gasteiger partial charge in [-0.2, -0.15) is 13.2 Å². The fourth-order valence-corrected chi connectivity index (χ4v) is 1.46. The van der Waals surface area contributed by atoms with Crippen LogP contribution in [-0.4, -0.2) is 38.3 Å². The van der Waals surface area contributed by atoms with Gasteiger partial charge in [-0.25, -0.2) is 9.37 Å². The maximum absolute atomic E-state index is 12.9. The number of hydrogen-bond donors (Lipinski definition) is 3. The van der Waals surface area contributed by atoms with Crippen LogP contribution >= 0.6 is 0 Å². The zero-order valence-electron chi connectivity index (χ0n) is 11.5. The van der Waals surface area contributed by atoms with Crippen molar-refractivity contribution in [2.24, 2.45) is 0 Å². The Labute approximate surface area is 126 Å². The molecular formula is C13H12F4N2O4. The van der Waals surface area contributed by atoms with Crippen molar-refractivity contribution in [2.75, 3.05) is 0 Å². The van der Waals surface area contributed by atoms with E-state index in [1.807, 2.05) is 0 Å². The van der Waals surface area contributed by atoms with Gasteiger partial charge in [0, 0.05) is 0 Å². The summed E-state index contributed by atoms with van der Waals surface area (Å²) >= 11 is 0. The van der Waals surface area contributed by atoms with E-state index >= 15 is 0 Å². The number of hydrogen-bond acceptors (Lipinski definition) is 3. The van der Waals surface area contributed by atoms with E-state index < -0.39 is 30.1 Å². The fraction of sp³-hybridized carbons (Fsp3) is 0.308. The number of H-pyrrole nitrogens is 1. The quantitative estimate of drug-likeness (QED) is 0.745. The number of fused-ring (bicyclic) bond motifs is 1. The van der Waals surface area contributed by atoms with Crippen LogP contribution in [0.25, 0.3) is 11.0 Å². The summed E-state index contributed by atoms with van der Waals surface area (Å²) in [6.45, 7) is 0. The molecule has 23 heavy (non-hydrogen) atoms. The number of halogens is 4. The Bertz CT molecular complexity index is 637. The number of benzene rings is 1. The van der Waals surface area contributed by atoms with Crippen LogP contribution in [0.1, 0.15) is 24.8 Å². The summed E-state index contributed by atoms with van der Waals surface area (Å²) in [7, 11) is 0. The molecule has 2 aromatic rings. The Morgan fingerprint density at radius 3 is 2.09 bits per heavy atom. The van der Waals surface area contributed by atoms with Crippen LogP contribution in [-0.2, 0) is 9.59 Å². The molecule has 1 heterocycles. The first-order chi connectivity index (χ1) is 10.6. The van der Waals surface area contributed by atoms with Crippen molar-refractivity contribution >= 4 is 23.0 Å². The minimum atomic E-state index is -4.92. The SMILES string of the molecule is FC(c1nc2ccccc2[nH]1)C(F)(F)F.O=C(O)CCC(=O)O. The van der Waals surface area contributed by atoms with E-state index in [-0.39, 0.29) is 12.8 Å². The third-order valence-corrected chi connectivity index (χ3v) is 2.49. The predicted octanol–water partition coefficient (Wildman–Crippen LogP) is 3.07. The largest absolute Gasteiger partial charge is 0.481 e. The second kappa shape index (κ2) is 7.56. The smallest absolute Gasteiger partial charge is 0.427 e. The highest BCUT2D eigenvalue weighted by Gasteiger charge is 2.43. The minimum absolute atomic E-state index is 0.296. The van der Waals surface area contributed by atoms with Gasteiger partial charge in [-0.3, -0.25) is 9.59 Å². The molecule has 0 aliphatic carbocycles. The summed E-state index contributed by atoms with van der Waals surface area (Å²) in [5.74, 6) is -2.86. The second-order valence-electron chi connectivity index (χ2n) is 4.33. The second-order valence-corrected chi connectivity index (χ2v) is 4.33. The number of carboxylic acid groups (broad SMARTS) is 2. The van der Waals surface area contributed by atoms with Crippen molar-refractivity contribution in [3.8, 4) is 0 Å².